The van der Waals surface area contributed by atoms with E-state index in [-0.39, 0.29) is 17.4 Å². The summed E-state index contributed by atoms with van der Waals surface area (Å²) >= 11 is 0. The van der Waals surface area contributed by atoms with Crippen molar-refractivity contribution in [2.45, 2.75) is 26.7 Å². The number of carbonyl (C=O) groups excluding carboxylic acids is 1. The monoisotopic (exact) mass is 317 g/mol. The fourth-order valence-corrected chi connectivity index (χ4v) is 2.11. The van der Waals surface area contributed by atoms with Gasteiger partial charge in [-0.15, -0.1) is 5.10 Å². The lowest BCUT2D eigenvalue weighted by atomic mass is 10.1. The van der Waals surface area contributed by atoms with Gasteiger partial charge in [0, 0.05) is 13.6 Å². The number of amides is 1. The van der Waals surface area contributed by atoms with Crippen molar-refractivity contribution in [2.24, 2.45) is 0 Å². The van der Waals surface area contributed by atoms with Gasteiger partial charge >= 0.3 is 0 Å². The first kappa shape index (κ1) is 16.8. The van der Waals surface area contributed by atoms with E-state index in [9.17, 15) is 9.18 Å². The molecule has 0 aliphatic heterocycles. The number of carbonyl (C=O) groups is 1. The van der Waals surface area contributed by atoms with Gasteiger partial charge in [0.1, 0.15) is 11.5 Å². The van der Waals surface area contributed by atoms with Gasteiger partial charge < -0.3 is 4.90 Å². The van der Waals surface area contributed by atoms with Gasteiger partial charge in [-0.05, 0) is 47.5 Å². The molecule has 1 heterocycles. The maximum Gasteiger partial charge on any atom is 0.272 e. The molecule has 1 aromatic carbocycles. The zero-order valence-corrected chi connectivity index (χ0v) is 13.5. The number of benzene rings is 1. The summed E-state index contributed by atoms with van der Waals surface area (Å²) in [7, 11) is 1.73. The number of aromatic nitrogens is 4. The van der Waals surface area contributed by atoms with Gasteiger partial charge in [-0.1, -0.05) is 25.5 Å². The molecule has 1 amide bonds. The number of hydrogen-bond donors (Lipinski definition) is 0. The third kappa shape index (κ3) is 4.21. The van der Waals surface area contributed by atoms with Crippen LogP contribution < -0.4 is 0 Å². The Kier molecular flexibility index (Phi) is 5.56. The van der Waals surface area contributed by atoms with Crippen LogP contribution in [0.3, 0.4) is 0 Å². The third-order valence-electron chi connectivity index (χ3n) is 3.42. The van der Waals surface area contributed by atoms with Crippen LogP contribution in [0.5, 0.6) is 0 Å². The Morgan fingerprint density at radius 2 is 2.22 bits per heavy atom. The topological polar surface area (TPSA) is 63.9 Å². The lowest BCUT2D eigenvalue weighted by molar-refractivity contribution is -0.124. The summed E-state index contributed by atoms with van der Waals surface area (Å²) in [5.41, 5.74) is 0.865. The Balaban J connectivity index is 2.40. The molecule has 122 valence electrons. The first-order chi connectivity index (χ1) is 11.0. The second-order valence-electron chi connectivity index (χ2n) is 5.30. The summed E-state index contributed by atoms with van der Waals surface area (Å²) < 4.78 is 14.8. The van der Waals surface area contributed by atoms with E-state index in [1.807, 2.05) is 0 Å². The Labute approximate surface area is 134 Å². The molecule has 0 spiro atoms. The minimum Gasteiger partial charge on any atom is -0.340 e. The zero-order chi connectivity index (χ0) is 16.8. The van der Waals surface area contributed by atoms with E-state index in [1.165, 1.54) is 16.8 Å². The van der Waals surface area contributed by atoms with Crippen molar-refractivity contribution in [2.75, 3.05) is 13.6 Å². The van der Waals surface area contributed by atoms with Crippen LogP contribution in [0, 0.1) is 12.7 Å². The van der Waals surface area contributed by atoms with Crippen LogP contribution in [-0.4, -0.2) is 44.6 Å². The van der Waals surface area contributed by atoms with Crippen LogP contribution >= 0.6 is 0 Å². The number of unbranched alkanes of at least 4 members (excludes halogenated alkanes) is 1. The van der Waals surface area contributed by atoms with Crippen LogP contribution in [0.15, 0.2) is 24.3 Å². The van der Waals surface area contributed by atoms with Gasteiger partial charge in [0.05, 0.1) is 0 Å². The zero-order valence-electron chi connectivity index (χ0n) is 13.5. The van der Waals surface area contributed by atoms with Gasteiger partial charge in [-0.2, -0.15) is 4.68 Å². The second kappa shape index (κ2) is 7.62. The quantitative estimate of drug-likeness (QED) is 0.767. The summed E-state index contributed by atoms with van der Waals surface area (Å²) in [4.78, 5) is 14.4. The molecular formula is C16H20FN5O. The fraction of sp³-hybridized carbons (Fsp3) is 0.375. The van der Waals surface area contributed by atoms with Crippen molar-refractivity contribution in [1.82, 2.24) is 25.1 Å². The highest BCUT2D eigenvalue weighted by Gasteiger charge is 2.19. The third-order valence-corrected chi connectivity index (χ3v) is 3.42. The molecule has 2 rings (SSSR count). The van der Waals surface area contributed by atoms with E-state index in [4.69, 9.17) is 0 Å². The maximum atomic E-state index is 13.4. The van der Waals surface area contributed by atoms with E-state index in [0.717, 1.165) is 12.8 Å². The molecule has 2 aromatic rings. The average molecular weight is 317 g/mol. The van der Waals surface area contributed by atoms with Gasteiger partial charge in [-0.3, -0.25) is 4.79 Å². The highest BCUT2D eigenvalue weighted by molar-refractivity contribution is 6.18. The van der Waals surface area contributed by atoms with E-state index in [0.29, 0.717) is 17.9 Å². The van der Waals surface area contributed by atoms with Crippen molar-refractivity contribution < 1.29 is 9.18 Å². The summed E-state index contributed by atoms with van der Waals surface area (Å²) in [5, 5.41) is 11.3. The van der Waals surface area contributed by atoms with E-state index >= 15 is 0 Å². The normalized spacial score (nSPS) is 11.6. The molecular weight excluding hydrogens is 297 g/mol. The van der Waals surface area contributed by atoms with Crippen LogP contribution in [-0.2, 0) is 4.79 Å². The molecule has 1 aromatic heterocycles. The molecule has 0 aliphatic carbocycles. The number of hydrogen-bond acceptors (Lipinski definition) is 4. The van der Waals surface area contributed by atoms with Crippen molar-refractivity contribution in [3.8, 4) is 0 Å². The number of halogens is 1. The number of likely N-dealkylation sites (N-methyl/N-ethyl adjacent to an activating group) is 1. The fourth-order valence-electron chi connectivity index (χ4n) is 2.11. The molecule has 0 aliphatic rings. The molecule has 0 bridgehead atoms. The highest BCUT2D eigenvalue weighted by Crippen LogP contribution is 2.15. The van der Waals surface area contributed by atoms with Gasteiger partial charge in [0.25, 0.3) is 5.91 Å². The number of tetrazole rings is 1. The Morgan fingerprint density at radius 1 is 1.43 bits per heavy atom. The Hall–Kier alpha value is -2.57. The summed E-state index contributed by atoms with van der Waals surface area (Å²) in [6, 6.07) is 6.03. The van der Waals surface area contributed by atoms with E-state index in [2.05, 4.69) is 22.4 Å². The number of nitrogens with zero attached hydrogens (tertiary/aromatic N) is 5. The SMILES string of the molecule is CCCCN(C)C(=O)C(=Cc1cccc(F)c1)n1nnnc1C. The predicted molar refractivity (Wildman–Crippen MR) is 85.7 cm³/mol. The molecule has 0 fully saturated rings. The van der Waals surface area contributed by atoms with Crippen molar-refractivity contribution in [1.29, 1.82) is 0 Å². The van der Waals surface area contributed by atoms with Gasteiger partial charge in [0.2, 0.25) is 0 Å². The lowest BCUT2D eigenvalue weighted by Gasteiger charge is -2.18. The molecule has 23 heavy (non-hydrogen) atoms. The Morgan fingerprint density at radius 3 is 2.83 bits per heavy atom. The minimum absolute atomic E-state index is 0.210. The van der Waals surface area contributed by atoms with Crippen LogP contribution in [0.25, 0.3) is 11.8 Å². The standard InChI is InChI=1S/C16H20FN5O/c1-4-5-9-21(3)16(23)15(22-12(2)18-19-20-22)11-13-7-6-8-14(17)10-13/h6-8,10-11H,4-5,9H2,1-3H3. The smallest absolute Gasteiger partial charge is 0.272 e. The van der Waals surface area contributed by atoms with Crippen molar-refractivity contribution >= 4 is 17.7 Å². The van der Waals surface area contributed by atoms with Crippen molar-refractivity contribution in [3.05, 3.63) is 41.5 Å². The minimum atomic E-state index is -0.363. The van der Waals surface area contributed by atoms with E-state index in [1.54, 1.807) is 37.1 Å². The van der Waals surface area contributed by atoms with Crippen LogP contribution in [0.1, 0.15) is 31.2 Å². The van der Waals surface area contributed by atoms with Crippen LogP contribution in [0.4, 0.5) is 4.39 Å². The molecule has 7 heteroatoms. The largest absolute Gasteiger partial charge is 0.340 e. The van der Waals surface area contributed by atoms with Crippen LogP contribution in [0.2, 0.25) is 0 Å². The summed E-state index contributed by atoms with van der Waals surface area (Å²) in [5.74, 6) is -0.0821. The first-order valence-electron chi connectivity index (χ1n) is 7.51. The molecule has 0 atom stereocenters. The maximum absolute atomic E-state index is 13.4. The second-order valence-corrected chi connectivity index (χ2v) is 5.30. The number of rotatable bonds is 6. The Bertz CT molecular complexity index is 710. The van der Waals surface area contributed by atoms with Gasteiger partial charge in [-0.25, -0.2) is 4.39 Å². The molecule has 0 unspecified atom stereocenters. The average Bonchev–Trinajstić information content (AvgIpc) is 2.95. The molecule has 0 saturated carbocycles. The molecule has 0 saturated heterocycles. The van der Waals surface area contributed by atoms with E-state index < -0.39 is 0 Å². The summed E-state index contributed by atoms with van der Waals surface area (Å²) in [6.07, 6.45) is 3.49. The number of aryl methyl sites for hydroxylation is 1. The molecule has 0 N–H and O–H groups in total. The van der Waals surface area contributed by atoms with Gasteiger partial charge in [0.15, 0.2) is 5.82 Å². The highest BCUT2D eigenvalue weighted by atomic mass is 19.1. The molecule has 6 nitrogen and oxygen atoms in total. The predicted octanol–water partition coefficient (Wildman–Crippen LogP) is 2.38. The molecule has 0 radical (unpaired) electrons. The van der Waals surface area contributed by atoms with Crippen molar-refractivity contribution in [3.63, 3.8) is 0 Å². The lowest BCUT2D eigenvalue weighted by Crippen LogP contribution is -2.30. The first-order valence-corrected chi connectivity index (χ1v) is 7.51. The summed E-state index contributed by atoms with van der Waals surface area (Å²) in [6.45, 7) is 4.41.